The van der Waals surface area contributed by atoms with Crippen LogP contribution in [0.3, 0.4) is 0 Å². The number of aliphatic imine (C=N–C) groups is 1. The van der Waals surface area contributed by atoms with E-state index in [4.69, 9.17) is 10.5 Å². The normalized spacial score (nSPS) is 17.4. The highest BCUT2D eigenvalue weighted by Gasteiger charge is 2.12. The molecule has 0 aromatic carbocycles. The van der Waals surface area contributed by atoms with Gasteiger partial charge in [-0.05, 0) is 5.92 Å². The number of halogens is 1. The number of nitrogens with zero attached hydrogens (tertiary/aromatic N) is 2. The monoisotopic (exact) mass is 341 g/mol. The van der Waals surface area contributed by atoms with E-state index >= 15 is 0 Å². The highest BCUT2D eigenvalue weighted by atomic mass is 127. The predicted octanol–water partition coefficient (Wildman–Crippen LogP) is 1.69. The van der Waals surface area contributed by atoms with Gasteiger partial charge in [-0.1, -0.05) is 26.7 Å². The number of hydrogen-bond donors (Lipinski definition) is 1. The molecule has 0 spiro atoms. The van der Waals surface area contributed by atoms with E-state index in [-0.39, 0.29) is 24.0 Å². The molecular formula is C11H24IN3O. The van der Waals surface area contributed by atoms with Crippen LogP contribution in [-0.2, 0) is 4.74 Å². The van der Waals surface area contributed by atoms with Gasteiger partial charge in [-0.2, -0.15) is 0 Å². The molecule has 1 saturated heterocycles. The minimum Gasteiger partial charge on any atom is -0.378 e. The van der Waals surface area contributed by atoms with Crippen LogP contribution in [-0.4, -0.2) is 43.7 Å². The zero-order valence-electron chi connectivity index (χ0n) is 10.3. The van der Waals surface area contributed by atoms with Crippen LogP contribution in [0, 0.1) is 5.92 Å². The molecule has 1 fully saturated rings. The predicted molar refractivity (Wildman–Crippen MR) is 78.4 cm³/mol. The van der Waals surface area contributed by atoms with E-state index in [1.165, 1.54) is 12.8 Å². The summed E-state index contributed by atoms with van der Waals surface area (Å²) in [6.45, 7) is 8.54. The minimum atomic E-state index is 0. The molecular weight excluding hydrogens is 317 g/mol. The van der Waals surface area contributed by atoms with Gasteiger partial charge in [0.2, 0.25) is 0 Å². The summed E-state index contributed by atoms with van der Waals surface area (Å²) in [5.41, 5.74) is 5.93. The van der Waals surface area contributed by atoms with Crippen molar-refractivity contribution in [2.75, 3.05) is 32.8 Å². The quantitative estimate of drug-likeness (QED) is 0.481. The lowest BCUT2D eigenvalue weighted by molar-refractivity contribution is 0.0674. The topological polar surface area (TPSA) is 50.8 Å². The van der Waals surface area contributed by atoms with Crippen LogP contribution in [0.2, 0.25) is 0 Å². The Bertz CT molecular complexity index is 201. The number of rotatable bonds is 4. The maximum absolute atomic E-state index is 5.93. The lowest BCUT2D eigenvalue weighted by atomic mass is 10.0. The van der Waals surface area contributed by atoms with E-state index in [0.29, 0.717) is 11.9 Å². The Kier molecular flexibility index (Phi) is 9.02. The van der Waals surface area contributed by atoms with Gasteiger partial charge in [0.25, 0.3) is 0 Å². The number of morpholine rings is 1. The number of hydrogen-bond acceptors (Lipinski definition) is 2. The standard InChI is InChI=1S/C11H23N3O.HI/c1-3-10(4-2)9-13-11(12)14-5-7-15-8-6-14;/h10H,3-9H2,1-2H3,(H2,12,13);1H. The van der Waals surface area contributed by atoms with E-state index in [1.807, 2.05) is 0 Å². The molecule has 0 aromatic heterocycles. The van der Waals surface area contributed by atoms with Gasteiger partial charge in [-0.15, -0.1) is 24.0 Å². The third-order valence-electron chi connectivity index (χ3n) is 3.00. The van der Waals surface area contributed by atoms with Crippen molar-refractivity contribution < 1.29 is 4.74 Å². The Morgan fingerprint density at radius 2 is 1.88 bits per heavy atom. The minimum absolute atomic E-state index is 0. The second kappa shape index (κ2) is 9.04. The highest BCUT2D eigenvalue weighted by Crippen LogP contribution is 2.07. The molecule has 1 aliphatic rings. The Labute approximate surface area is 116 Å². The van der Waals surface area contributed by atoms with Crippen molar-refractivity contribution in [3.8, 4) is 0 Å². The lowest BCUT2D eigenvalue weighted by Crippen LogP contribution is -2.45. The maximum atomic E-state index is 5.93. The van der Waals surface area contributed by atoms with Gasteiger partial charge in [-0.3, -0.25) is 4.99 Å². The number of ether oxygens (including phenoxy) is 1. The Hall–Kier alpha value is -0.0400. The fourth-order valence-electron chi connectivity index (χ4n) is 1.66. The second-order valence-corrected chi connectivity index (χ2v) is 3.98. The van der Waals surface area contributed by atoms with Crippen molar-refractivity contribution in [1.82, 2.24) is 4.90 Å². The van der Waals surface area contributed by atoms with Crippen LogP contribution in [0.25, 0.3) is 0 Å². The van der Waals surface area contributed by atoms with Crippen LogP contribution in [0.4, 0.5) is 0 Å². The van der Waals surface area contributed by atoms with E-state index in [1.54, 1.807) is 0 Å². The molecule has 4 nitrogen and oxygen atoms in total. The molecule has 1 heterocycles. The lowest BCUT2D eigenvalue weighted by Gasteiger charge is -2.27. The van der Waals surface area contributed by atoms with Crippen molar-refractivity contribution in [2.24, 2.45) is 16.6 Å². The first-order valence-electron chi connectivity index (χ1n) is 5.90. The Morgan fingerprint density at radius 1 is 1.31 bits per heavy atom. The molecule has 0 aromatic rings. The average molecular weight is 341 g/mol. The first kappa shape index (κ1) is 16.0. The summed E-state index contributed by atoms with van der Waals surface area (Å²) in [6, 6.07) is 0. The van der Waals surface area contributed by atoms with E-state index < -0.39 is 0 Å². The van der Waals surface area contributed by atoms with Crippen LogP contribution in [0.5, 0.6) is 0 Å². The molecule has 0 saturated carbocycles. The van der Waals surface area contributed by atoms with Crippen LogP contribution in [0.15, 0.2) is 4.99 Å². The van der Waals surface area contributed by atoms with Crippen LogP contribution in [0.1, 0.15) is 26.7 Å². The summed E-state index contributed by atoms with van der Waals surface area (Å²) in [5, 5.41) is 0. The molecule has 1 rings (SSSR count). The van der Waals surface area contributed by atoms with Crippen molar-refractivity contribution in [3.05, 3.63) is 0 Å². The zero-order chi connectivity index (χ0) is 11.1. The third kappa shape index (κ3) is 5.34. The highest BCUT2D eigenvalue weighted by molar-refractivity contribution is 14.0. The molecule has 0 amide bonds. The summed E-state index contributed by atoms with van der Waals surface area (Å²) in [6.07, 6.45) is 2.35. The average Bonchev–Trinajstić information content (AvgIpc) is 2.31. The Morgan fingerprint density at radius 3 is 2.38 bits per heavy atom. The first-order chi connectivity index (χ1) is 7.27. The summed E-state index contributed by atoms with van der Waals surface area (Å²) >= 11 is 0. The van der Waals surface area contributed by atoms with Gasteiger partial charge in [0.15, 0.2) is 5.96 Å². The second-order valence-electron chi connectivity index (χ2n) is 3.98. The molecule has 0 bridgehead atoms. The molecule has 2 N–H and O–H groups in total. The van der Waals surface area contributed by atoms with E-state index in [9.17, 15) is 0 Å². The Balaban J connectivity index is 0.00000225. The van der Waals surface area contributed by atoms with Crippen molar-refractivity contribution in [2.45, 2.75) is 26.7 Å². The maximum Gasteiger partial charge on any atom is 0.191 e. The van der Waals surface area contributed by atoms with E-state index in [0.717, 1.165) is 32.8 Å². The van der Waals surface area contributed by atoms with Crippen LogP contribution < -0.4 is 5.73 Å². The van der Waals surface area contributed by atoms with Crippen LogP contribution >= 0.6 is 24.0 Å². The molecule has 0 atom stereocenters. The summed E-state index contributed by atoms with van der Waals surface area (Å²) in [7, 11) is 0. The summed E-state index contributed by atoms with van der Waals surface area (Å²) in [5.74, 6) is 1.36. The fraction of sp³-hybridized carbons (Fsp3) is 0.909. The largest absolute Gasteiger partial charge is 0.378 e. The summed E-state index contributed by atoms with van der Waals surface area (Å²) < 4.78 is 5.27. The molecule has 0 radical (unpaired) electrons. The first-order valence-corrected chi connectivity index (χ1v) is 5.90. The van der Waals surface area contributed by atoms with Gasteiger partial charge in [-0.25, -0.2) is 0 Å². The fourth-order valence-corrected chi connectivity index (χ4v) is 1.66. The molecule has 1 aliphatic heterocycles. The van der Waals surface area contributed by atoms with E-state index in [2.05, 4.69) is 23.7 Å². The zero-order valence-corrected chi connectivity index (χ0v) is 12.6. The number of guanidine groups is 1. The van der Waals surface area contributed by atoms with Gasteiger partial charge in [0.05, 0.1) is 13.2 Å². The molecule has 0 aliphatic carbocycles. The van der Waals surface area contributed by atoms with Gasteiger partial charge >= 0.3 is 0 Å². The molecule has 96 valence electrons. The SMILES string of the molecule is CCC(CC)CN=C(N)N1CCOCC1.I. The van der Waals surface area contributed by atoms with Gasteiger partial charge in [0, 0.05) is 19.6 Å². The number of nitrogens with two attached hydrogens (primary N) is 1. The van der Waals surface area contributed by atoms with Crippen molar-refractivity contribution in [3.63, 3.8) is 0 Å². The smallest absolute Gasteiger partial charge is 0.191 e. The third-order valence-corrected chi connectivity index (χ3v) is 3.00. The molecule has 5 heteroatoms. The summed E-state index contributed by atoms with van der Waals surface area (Å²) in [4.78, 5) is 6.56. The van der Waals surface area contributed by atoms with Gasteiger partial charge < -0.3 is 15.4 Å². The van der Waals surface area contributed by atoms with Crippen molar-refractivity contribution >= 4 is 29.9 Å². The molecule has 0 unspecified atom stereocenters. The van der Waals surface area contributed by atoms with Gasteiger partial charge in [0.1, 0.15) is 0 Å². The molecule has 16 heavy (non-hydrogen) atoms. The van der Waals surface area contributed by atoms with Crippen molar-refractivity contribution in [1.29, 1.82) is 0 Å².